The minimum atomic E-state index is -1.06. The van der Waals surface area contributed by atoms with Gasteiger partial charge in [0.15, 0.2) is 0 Å². The van der Waals surface area contributed by atoms with Gasteiger partial charge in [0, 0.05) is 5.38 Å². The van der Waals surface area contributed by atoms with E-state index in [0.29, 0.717) is 4.88 Å². The average Bonchev–Trinajstić information content (AvgIpc) is 2.66. The summed E-state index contributed by atoms with van der Waals surface area (Å²) in [5.41, 5.74) is -0.482. The first-order chi connectivity index (χ1) is 8.74. The minimum Gasteiger partial charge on any atom is -0.495 e. The van der Waals surface area contributed by atoms with Crippen LogP contribution in [-0.4, -0.2) is 29.9 Å². The van der Waals surface area contributed by atoms with Crippen molar-refractivity contribution >= 4 is 23.4 Å². The van der Waals surface area contributed by atoms with Gasteiger partial charge in [-0.3, -0.25) is 0 Å². The van der Waals surface area contributed by atoms with Crippen LogP contribution in [0.4, 0.5) is 4.79 Å². The maximum atomic E-state index is 11.5. The van der Waals surface area contributed by atoms with Gasteiger partial charge in [0.2, 0.25) is 0 Å². The number of thiophene rings is 1. The van der Waals surface area contributed by atoms with Crippen molar-refractivity contribution in [2.24, 2.45) is 0 Å². The molecule has 0 unspecified atom stereocenters. The first-order valence-electron chi connectivity index (χ1n) is 5.59. The molecule has 0 spiro atoms. The normalized spacial score (nSPS) is 10.9. The van der Waals surface area contributed by atoms with Gasteiger partial charge in [-0.05, 0) is 20.8 Å². The van der Waals surface area contributed by atoms with Crippen molar-refractivity contribution in [3.63, 3.8) is 0 Å². The Labute approximate surface area is 115 Å². The van der Waals surface area contributed by atoms with Crippen LogP contribution in [0, 0.1) is 0 Å². The second kappa shape index (κ2) is 5.92. The summed E-state index contributed by atoms with van der Waals surface area (Å²) in [4.78, 5) is 23.1. The van der Waals surface area contributed by atoms with Gasteiger partial charge >= 0.3 is 12.1 Å². The lowest BCUT2D eigenvalue weighted by Gasteiger charge is -2.19. The zero-order valence-corrected chi connectivity index (χ0v) is 12.1. The van der Waals surface area contributed by atoms with Gasteiger partial charge in [-0.2, -0.15) is 0 Å². The Morgan fingerprint density at radius 1 is 1.42 bits per heavy atom. The van der Waals surface area contributed by atoms with Crippen molar-refractivity contribution < 1.29 is 24.2 Å². The molecule has 0 aliphatic carbocycles. The highest BCUT2D eigenvalue weighted by Crippen LogP contribution is 2.30. The number of alkyl carbamates (subject to hydrolysis) is 1. The van der Waals surface area contributed by atoms with Crippen molar-refractivity contribution in [3.8, 4) is 5.75 Å². The highest BCUT2D eigenvalue weighted by molar-refractivity contribution is 7.10. The smallest absolute Gasteiger partial charge is 0.407 e. The number of carbonyl (C=O) groups excluding carboxylic acids is 1. The van der Waals surface area contributed by atoms with Gasteiger partial charge in [-0.1, -0.05) is 0 Å². The number of amides is 1. The molecule has 2 N–H and O–H groups in total. The van der Waals surface area contributed by atoms with Gasteiger partial charge in [0.1, 0.15) is 16.9 Å². The number of hydrogen-bond acceptors (Lipinski definition) is 5. The number of hydrogen-bond donors (Lipinski definition) is 2. The van der Waals surface area contributed by atoms with E-state index in [4.69, 9.17) is 14.6 Å². The maximum Gasteiger partial charge on any atom is 0.407 e. The van der Waals surface area contributed by atoms with Gasteiger partial charge < -0.3 is 19.9 Å². The fourth-order valence-electron chi connectivity index (χ4n) is 1.35. The summed E-state index contributed by atoms with van der Waals surface area (Å²) in [6, 6.07) is 0. The number of carboxylic acids is 1. The average molecular weight is 287 g/mol. The molecule has 0 aliphatic rings. The Morgan fingerprint density at radius 2 is 2.05 bits per heavy atom. The Hall–Kier alpha value is -1.76. The predicted octanol–water partition coefficient (Wildman–Crippen LogP) is 2.48. The Morgan fingerprint density at radius 3 is 2.53 bits per heavy atom. The molecule has 7 heteroatoms. The van der Waals surface area contributed by atoms with Crippen molar-refractivity contribution in [3.05, 3.63) is 15.8 Å². The molecule has 0 fully saturated rings. The molecule has 0 aliphatic heterocycles. The molecule has 6 nitrogen and oxygen atoms in total. The van der Waals surface area contributed by atoms with Crippen molar-refractivity contribution in [1.82, 2.24) is 5.32 Å². The molecule has 0 atom stereocenters. The number of carbonyl (C=O) groups is 2. The van der Waals surface area contributed by atoms with Crippen LogP contribution in [0.5, 0.6) is 5.75 Å². The summed E-state index contributed by atoms with van der Waals surface area (Å²) in [6.07, 6.45) is -0.556. The quantitative estimate of drug-likeness (QED) is 0.888. The Kier molecular flexibility index (Phi) is 4.77. The van der Waals surface area contributed by atoms with Gasteiger partial charge in [0.05, 0.1) is 18.5 Å². The molecule has 0 aromatic carbocycles. The first-order valence-corrected chi connectivity index (χ1v) is 6.47. The van der Waals surface area contributed by atoms with E-state index in [0.717, 1.165) is 0 Å². The molecule has 0 bridgehead atoms. The third kappa shape index (κ3) is 4.44. The summed E-state index contributed by atoms with van der Waals surface area (Å²) in [7, 11) is 1.39. The number of aromatic carboxylic acids is 1. The SMILES string of the molecule is COc1c(C(=O)O)csc1CNC(=O)OC(C)(C)C. The zero-order valence-electron chi connectivity index (χ0n) is 11.3. The third-order valence-corrected chi connectivity index (χ3v) is 3.01. The molecular formula is C12H17NO5S. The van der Waals surface area contributed by atoms with Crippen molar-refractivity contribution in [1.29, 1.82) is 0 Å². The number of methoxy groups -OCH3 is 1. The monoisotopic (exact) mass is 287 g/mol. The highest BCUT2D eigenvalue weighted by Gasteiger charge is 2.20. The van der Waals surface area contributed by atoms with E-state index in [1.165, 1.54) is 23.8 Å². The topological polar surface area (TPSA) is 84.9 Å². The molecular weight excluding hydrogens is 270 g/mol. The van der Waals surface area contributed by atoms with Crippen LogP contribution in [-0.2, 0) is 11.3 Å². The number of rotatable bonds is 4. The van der Waals surface area contributed by atoms with Crippen LogP contribution in [0.2, 0.25) is 0 Å². The van der Waals surface area contributed by atoms with Crippen molar-refractivity contribution in [2.45, 2.75) is 32.9 Å². The van der Waals surface area contributed by atoms with E-state index in [1.807, 2.05) is 0 Å². The standard InChI is InChI=1S/C12H17NO5S/c1-12(2,3)18-11(16)13-5-8-9(17-4)7(6-19-8)10(14)15/h6H,5H2,1-4H3,(H,13,16)(H,14,15). The molecule has 0 saturated heterocycles. The van der Waals surface area contributed by atoms with E-state index in [2.05, 4.69) is 5.32 Å². The van der Waals surface area contributed by atoms with Crippen LogP contribution in [0.25, 0.3) is 0 Å². The summed E-state index contributed by atoms with van der Waals surface area (Å²) in [5, 5.41) is 13.0. The maximum absolute atomic E-state index is 11.5. The molecule has 19 heavy (non-hydrogen) atoms. The second-order valence-electron chi connectivity index (χ2n) is 4.77. The van der Waals surface area contributed by atoms with Gasteiger partial charge in [-0.15, -0.1) is 11.3 Å². The molecule has 106 valence electrons. The molecule has 1 amide bonds. The van der Waals surface area contributed by atoms with Gasteiger partial charge in [-0.25, -0.2) is 9.59 Å². The molecule has 0 saturated carbocycles. The summed E-state index contributed by atoms with van der Waals surface area (Å²) in [5.74, 6) is -0.787. The van der Waals surface area contributed by atoms with Crippen LogP contribution < -0.4 is 10.1 Å². The fourth-order valence-corrected chi connectivity index (χ4v) is 2.27. The van der Waals surface area contributed by atoms with Crippen molar-refractivity contribution in [2.75, 3.05) is 7.11 Å². The molecule has 0 radical (unpaired) electrons. The summed E-state index contributed by atoms with van der Waals surface area (Å²) in [6.45, 7) is 5.46. The first kappa shape index (κ1) is 15.3. The predicted molar refractivity (Wildman–Crippen MR) is 70.9 cm³/mol. The molecule has 1 aromatic rings. The van der Waals surface area contributed by atoms with E-state index >= 15 is 0 Å². The number of ether oxygens (including phenoxy) is 2. The van der Waals surface area contributed by atoms with E-state index in [9.17, 15) is 9.59 Å². The summed E-state index contributed by atoms with van der Waals surface area (Å²) >= 11 is 1.21. The van der Waals surface area contributed by atoms with Crippen LogP contribution in [0.3, 0.4) is 0 Å². The highest BCUT2D eigenvalue weighted by atomic mass is 32.1. The third-order valence-electron chi connectivity index (χ3n) is 2.04. The van der Waals surface area contributed by atoms with E-state index in [-0.39, 0.29) is 17.9 Å². The molecule has 1 rings (SSSR count). The van der Waals surface area contributed by atoms with Crippen LogP contribution >= 0.6 is 11.3 Å². The van der Waals surface area contributed by atoms with E-state index < -0.39 is 17.7 Å². The molecule has 1 aromatic heterocycles. The second-order valence-corrected chi connectivity index (χ2v) is 5.73. The lowest BCUT2D eigenvalue weighted by molar-refractivity contribution is 0.0523. The van der Waals surface area contributed by atoms with Crippen LogP contribution in [0.1, 0.15) is 36.0 Å². The largest absolute Gasteiger partial charge is 0.495 e. The van der Waals surface area contributed by atoms with Crippen LogP contribution in [0.15, 0.2) is 5.38 Å². The molecule has 1 heterocycles. The lowest BCUT2D eigenvalue weighted by atomic mass is 10.2. The minimum absolute atomic E-state index is 0.0912. The zero-order chi connectivity index (χ0) is 14.6. The number of carboxylic acid groups (broad SMARTS) is 1. The van der Waals surface area contributed by atoms with Gasteiger partial charge in [0.25, 0.3) is 0 Å². The summed E-state index contributed by atoms with van der Waals surface area (Å²) < 4.78 is 10.1. The lowest BCUT2D eigenvalue weighted by Crippen LogP contribution is -2.32. The Bertz CT molecular complexity index is 475. The Balaban J connectivity index is 2.68. The fraction of sp³-hybridized carbons (Fsp3) is 0.500. The number of nitrogens with one attached hydrogen (secondary N) is 1. The van der Waals surface area contributed by atoms with E-state index in [1.54, 1.807) is 20.8 Å².